The van der Waals surface area contributed by atoms with Crippen LogP contribution in [-0.4, -0.2) is 45.0 Å². The molecule has 0 aromatic heterocycles. The summed E-state index contributed by atoms with van der Waals surface area (Å²) >= 11 is 0. The number of carbonyl (C=O) groups excluding carboxylic acids is 1. The second-order valence-corrected chi connectivity index (χ2v) is 3.91. The van der Waals surface area contributed by atoms with Gasteiger partial charge in [0.1, 0.15) is 0 Å². The second kappa shape index (κ2) is 5.15. The van der Waals surface area contributed by atoms with Crippen LogP contribution in [0.2, 0.25) is 0 Å². The molecule has 0 bridgehead atoms. The number of hydrogen-bond acceptors (Lipinski definition) is 5. The van der Waals surface area contributed by atoms with Gasteiger partial charge in [0.15, 0.2) is 5.25 Å². The van der Waals surface area contributed by atoms with Crippen LogP contribution in [0.3, 0.4) is 0 Å². The molecule has 0 saturated heterocycles. The highest BCUT2D eigenvalue weighted by Crippen LogP contribution is 2.06. The zero-order valence-corrected chi connectivity index (χ0v) is 8.20. The van der Waals surface area contributed by atoms with Crippen molar-refractivity contribution in [3.63, 3.8) is 0 Å². The lowest BCUT2D eigenvalue weighted by atomic mass is 10.3. The predicted molar refractivity (Wildman–Crippen MR) is 43.8 cm³/mol. The van der Waals surface area contributed by atoms with Crippen LogP contribution in [0.15, 0.2) is 0 Å². The Labute approximate surface area is 76.6 Å². The molecule has 7 heteroatoms. The van der Waals surface area contributed by atoms with Crippen LogP contribution in [0.4, 0.5) is 0 Å². The van der Waals surface area contributed by atoms with Crippen molar-refractivity contribution in [3.05, 3.63) is 0 Å². The van der Waals surface area contributed by atoms with Gasteiger partial charge >= 0.3 is 5.97 Å². The zero-order valence-electron chi connectivity index (χ0n) is 7.39. The van der Waals surface area contributed by atoms with E-state index in [-0.39, 0.29) is 13.0 Å². The average molecular weight is 212 g/mol. The summed E-state index contributed by atoms with van der Waals surface area (Å²) in [5.41, 5.74) is 0. The molecule has 1 atom stereocenters. The van der Waals surface area contributed by atoms with Crippen molar-refractivity contribution < 1.29 is 27.2 Å². The van der Waals surface area contributed by atoms with Gasteiger partial charge in [0.2, 0.25) is 0 Å². The lowest BCUT2D eigenvalue weighted by molar-refractivity contribution is -0.140. The number of hydrogen-bond donors (Lipinski definition) is 1. The summed E-state index contributed by atoms with van der Waals surface area (Å²) in [6.07, 6.45) is -0.123. The van der Waals surface area contributed by atoms with Crippen LogP contribution < -0.4 is 0 Å². The molecule has 0 aliphatic heterocycles. The predicted octanol–water partition coefficient (Wildman–Crippen LogP) is -0.548. The number of esters is 1. The van der Waals surface area contributed by atoms with E-state index in [4.69, 9.17) is 4.55 Å². The number of methoxy groups -OCH3 is 2. The van der Waals surface area contributed by atoms with E-state index in [1.165, 1.54) is 7.11 Å². The van der Waals surface area contributed by atoms with Gasteiger partial charge in [-0.05, 0) is 0 Å². The van der Waals surface area contributed by atoms with E-state index in [2.05, 4.69) is 9.47 Å². The van der Waals surface area contributed by atoms with E-state index in [1.807, 2.05) is 0 Å². The highest BCUT2D eigenvalue weighted by atomic mass is 32.2. The van der Waals surface area contributed by atoms with Crippen molar-refractivity contribution in [2.24, 2.45) is 0 Å². The van der Waals surface area contributed by atoms with Gasteiger partial charge in [-0.3, -0.25) is 9.35 Å². The van der Waals surface area contributed by atoms with Crippen LogP contribution in [0.5, 0.6) is 0 Å². The van der Waals surface area contributed by atoms with E-state index in [9.17, 15) is 13.2 Å². The molecule has 0 radical (unpaired) electrons. The fourth-order valence-electron chi connectivity index (χ4n) is 0.745. The zero-order chi connectivity index (χ0) is 10.5. The Morgan fingerprint density at radius 3 is 2.31 bits per heavy atom. The highest BCUT2D eigenvalue weighted by Gasteiger charge is 2.31. The van der Waals surface area contributed by atoms with E-state index in [1.54, 1.807) is 0 Å². The van der Waals surface area contributed by atoms with Crippen molar-refractivity contribution in [1.29, 1.82) is 0 Å². The molecule has 0 fully saturated rings. The molecular formula is C6H12O6S. The summed E-state index contributed by atoms with van der Waals surface area (Å²) in [7, 11) is -1.99. The topological polar surface area (TPSA) is 89.9 Å². The Kier molecular flexibility index (Phi) is 4.89. The molecule has 13 heavy (non-hydrogen) atoms. The molecule has 1 unspecified atom stereocenters. The van der Waals surface area contributed by atoms with Gasteiger partial charge in [-0.1, -0.05) is 0 Å². The Bertz CT molecular complexity index is 256. The Morgan fingerprint density at radius 2 is 2.00 bits per heavy atom. The summed E-state index contributed by atoms with van der Waals surface area (Å²) in [6.45, 7) is 0.0551. The third-order valence-corrected chi connectivity index (χ3v) is 2.56. The molecule has 1 N–H and O–H groups in total. The van der Waals surface area contributed by atoms with Crippen molar-refractivity contribution in [2.75, 3.05) is 20.8 Å². The summed E-state index contributed by atoms with van der Waals surface area (Å²) in [5, 5.41) is -1.56. The van der Waals surface area contributed by atoms with E-state index < -0.39 is 21.3 Å². The van der Waals surface area contributed by atoms with Gasteiger partial charge in [0.25, 0.3) is 10.1 Å². The minimum absolute atomic E-state index is 0.0551. The molecule has 0 saturated carbocycles. The van der Waals surface area contributed by atoms with Crippen LogP contribution in [0, 0.1) is 0 Å². The maximum atomic E-state index is 10.8. The first-order valence-corrected chi connectivity index (χ1v) is 4.97. The Morgan fingerprint density at radius 1 is 1.46 bits per heavy atom. The fraction of sp³-hybridized carbons (Fsp3) is 0.833. The van der Waals surface area contributed by atoms with Gasteiger partial charge < -0.3 is 9.47 Å². The van der Waals surface area contributed by atoms with Gasteiger partial charge in [0.05, 0.1) is 7.11 Å². The molecule has 0 aromatic carbocycles. The monoisotopic (exact) mass is 212 g/mol. The van der Waals surface area contributed by atoms with Gasteiger partial charge in [-0.25, -0.2) is 0 Å². The van der Waals surface area contributed by atoms with E-state index >= 15 is 0 Å². The maximum Gasteiger partial charge on any atom is 0.326 e. The Balaban J connectivity index is 4.47. The lowest BCUT2D eigenvalue weighted by Crippen LogP contribution is -2.32. The van der Waals surface area contributed by atoms with E-state index in [0.717, 1.165) is 7.11 Å². The number of carbonyl (C=O) groups is 1. The summed E-state index contributed by atoms with van der Waals surface area (Å²) in [6, 6.07) is 0. The fourth-order valence-corrected chi connectivity index (χ4v) is 1.48. The third-order valence-electron chi connectivity index (χ3n) is 1.41. The maximum absolute atomic E-state index is 10.8. The van der Waals surface area contributed by atoms with Crippen molar-refractivity contribution in [3.8, 4) is 0 Å². The van der Waals surface area contributed by atoms with Crippen LogP contribution in [0.25, 0.3) is 0 Å². The smallest absolute Gasteiger partial charge is 0.326 e. The normalized spacial score (nSPS) is 13.8. The molecule has 78 valence electrons. The molecule has 0 rings (SSSR count). The van der Waals surface area contributed by atoms with Crippen molar-refractivity contribution in [2.45, 2.75) is 11.7 Å². The standard InChI is InChI=1S/C6H12O6S/c1-11-4-3-5(6(7)12-2)13(8,9)10/h5H,3-4H2,1-2H3,(H,8,9,10). The van der Waals surface area contributed by atoms with E-state index in [0.29, 0.717) is 0 Å². The summed E-state index contributed by atoms with van der Waals surface area (Å²) in [5.74, 6) is -0.987. The first-order valence-electron chi connectivity index (χ1n) is 3.46. The van der Waals surface area contributed by atoms with Gasteiger partial charge in [-0.15, -0.1) is 0 Å². The molecule has 0 aliphatic rings. The second-order valence-electron chi connectivity index (χ2n) is 2.31. The largest absolute Gasteiger partial charge is 0.468 e. The minimum Gasteiger partial charge on any atom is -0.468 e. The first kappa shape index (κ1) is 12.3. The molecule has 0 aromatic rings. The number of rotatable bonds is 5. The lowest BCUT2D eigenvalue weighted by Gasteiger charge is -2.10. The quantitative estimate of drug-likeness (QED) is 0.486. The number of ether oxygens (including phenoxy) is 2. The average Bonchev–Trinajstić information content (AvgIpc) is 2.02. The van der Waals surface area contributed by atoms with Crippen LogP contribution >= 0.6 is 0 Å². The van der Waals surface area contributed by atoms with Crippen LogP contribution in [0.1, 0.15) is 6.42 Å². The SMILES string of the molecule is COCCC(C(=O)OC)S(=O)(=O)O. The van der Waals surface area contributed by atoms with Crippen molar-refractivity contribution >= 4 is 16.1 Å². The highest BCUT2D eigenvalue weighted by molar-refractivity contribution is 7.87. The molecular weight excluding hydrogens is 200 g/mol. The first-order chi connectivity index (χ1) is 5.93. The molecule has 0 aliphatic carbocycles. The third kappa shape index (κ3) is 4.20. The Hall–Kier alpha value is -0.660. The summed E-state index contributed by atoms with van der Waals surface area (Å²) in [4.78, 5) is 10.8. The van der Waals surface area contributed by atoms with Crippen LogP contribution in [-0.2, 0) is 24.4 Å². The summed E-state index contributed by atoms with van der Waals surface area (Å²) < 4.78 is 38.7. The van der Waals surface area contributed by atoms with Gasteiger partial charge in [-0.2, -0.15) is 8.42 Å². The van der Waals surface area contributed by atoms with Crippen molar-refractivity contribution in [1.82, 2.24) is 0 Å². The minimum atomic E-state index is -4.40. The molecule has 0 amide bonds. The molecule has 0 heterocycles. The molecule has 6 nitrogen and oxygen atoms in total. The molecule has 0 spiro atoms. The van der Waals surface area contributed by atoms with Gasteiger partial charge in [0, 0.05) is 20.1 Å².